The van der Waals surface area contributed by atoms with Crippen molar-refractivity contribution in [2.24, 2.45) is 4.99 Å². The Bertz CT molecular complexity index is 603. The molecule has 1 fully saturated rings. The molecule has 0 aromatic heterocycles. The number of likely N-dealkylation sites (tertiary alicyclic amines) is 1. The smallest absolute Gasteiger partial charge is 0.219 e. The Morgan fingerprint density at radius 3 is 2.60 bits per heavy atom. The van der Waals surface area contributed by atoms with Crippen LogP contribution in [0.4, 0.5) is 5.69 Å². The topological polar surface area (TPSA) is 32.7 Å². The van der Waals surface area contributed by atoms with Crippen molar-refractivity contribution in [2.45, 2.75) is 32.1 Å². The second-order valence-corrected chi connectivity index (χ2v) is 5.84. The number of allylic oxidation sites excluding steroid dienone is 1. The molecule has 0 saturated carbocycles. The van der Waals surface area contributed by atoms with E-state index in [0.29, 0.717) is 11.8 Å². The summed E-state index contributed by atoms with van der Waals surface area (Å²) in [6, 6.07) is 4.47. The number of rotatable bonds is 2. The molecule has 1 aliphatic carbocycles. The summed E-state index contributed by atoms with van der Waals surface area (Å²) in [6.07, 6.45) is 4.60. The van der Waals surface area contributed by atoms with Crippen molar-refractivity contribution >= 4 is 17.8 Å². The normalized spacial score (nSPS) is 24.0. The first-order chi connectivity index (χ1) is 9.60. The molecule has 1 amide bonds. The Morgan fingerprint density at radius 2 is 2.00 bits per heavy atom. The van der Waals surface area contributed by atoms with E-state index in [1.54, 1.807) is 19.2 Å². The van der Waals surface area contributed by atoms with Crippen LogP contribution in [0.15, 0.2) is 29.8 Å². The van der Waals surface area contributed by atoms with Crippen molar-refractivity contribution in [3.63, 3.8) is 0 Å². The van der Waals surface area contributed by atoms with Crippen LogP contribution in [0.1, 0.15) is 41.9 Å². The predicted octanol–water partition coefficient (Wildman–Crippen LogP) is 3.32. The Balaban J connectivity index is 1.99. The van der Waals surface area contributed by atoms with E-state index in [1.165, 1.54) is 23.1 Å². The summed E-state index contributed by atoms with van der Waals surface area (Å²) in [6.45, 7) is 9.15. The van der Waals surface area contributed by atoms with Gasteiger partial charge in [-0.3, -0.25) is 9.79 Å². The lowest BCUT2D eigenvalue weighted by molar-refractivity contribution is -0.130. The monoisotopic (exact) mass is 268 g/mol. The van der Waals surface area contributed by atoms with Gasteiger partial charge in [0.05, 0.1) is 5.69 Å². The van der Waals surface area contributed by atoms with Crippen LogP contribution in [0, 0.1) is 6.92 Å². The van der Waals surface area contributed by atoms with Gasteiger partial charge in [0.25, 0.3) is 0 Å². The van der Waals surface area contributed by atoms with Crippen molar-refractivity contribution in [1.82, 2.24) is 4.90 Å². The quantitative estimate of drug-likeness (QED) is 0.757. The van der Waals surface area contributed by atoms with Gasteiger partial charge in [0.2, 0.25) is 5.91 Å². The van der Waals surface area contributed by atoms with Gasteiger partial charge < -0.3 is 4.90 Å². The molecular weight excluding hydrogens is 248 g/mol. The summed E-state index contributed by atoms with van der Waals surface area (Å²) < 4.78 is 0. The Kier molecular flexibility index (Phi) is 3.20. The molecule has 104 valence electrons. The van der Waals surface area contributed by atoms with E-state index in [0.717, 1.165) is 18.8 Å². The third kappa shape index (κ3) is 2.07. The molecular formula is C17H20N2O. The van der Waals surface area contributed by atoms with Crippen molar-refractivity contribution in [2.75, 3.05) is 13.1 Å². The third-order valence-corrected chi connectivity index (χ3v) is 4.50. The number of benzene rings is 1. The number of piperidine rings is 1. The minimum absolute atomic E-state index is 0.189. The highest BCUT2D eigenvalue weighted by Gasteiger charge is 2.38. The van der Waals surface area contributed by atoms with Crippen molar-refractivity contribution in [3.05, 3.63) is 41.5 Å². The van der Waals surface area contributed by atoms with Gasteiger partial charge in [-0.25, -0.2) is 0 Å². The van der Waals surface area contributed by atoms with Crippen molar-refractivity contribution < 1.29 is 4.79 Å². The fourth-order valence-corrected chi connectivity index (χ4v) is 3.52. The van der Waals surface area contributed by atoms with Crippen LogP contribution in [0.25, 0.3) is 0 Å². The van der Waals surface area contributed by atoms with Gasteiger partial charge in [0, 0.05) is 38.1 Å². The fraction of sp³-hybridized carbons (Fsp3) is 0.412. The number of hydrogen-bond acceptors (Lipinski definition) is 2. The highest BCUT2D eigenvalue weighted by Crippen LogP contribution is 2.47. The van der Waals surface area contributed by atoms with Gasteiger partial charge >= 0.3 is 0 Å². The summed E-state index contributed by atoms with van der Waals surface area (Å²) >= 11 is 0. The number of aryl methyl sites for hydroxylation is 1. The second kappa shape index (κ2) is 4.89. The summed E-state index contributed by atoms with van der Waals surface area (Å²) in [5, 5.41) is 0. The molecule has 2 aliphatic rings. The lowest BCUT2D eigenvalue weighted by Crippen LogP contribution is -2.38. The minimum atomic E-state index is 0.189. The molecule has 1 aromatic rings. The zero-order valence-electron chi connectivity index (χ0n) is 12.1. The minimum Gasteiger partial charge on any atom is -0.342 e. The van der Waals surface area contributed by atoms with E-state index in [9.17, 15) is 4.79 Å². The average Bonchev–Trinajstić information content (AvgIpc) is 2.67. The molecule has 2 unspecified atom stereocenters. The van der Waals surface area contributed by atoms with Crippen molar-refractivity contribution in [3.8, 4) is 0 Å². The van der Waals surface area contributed by atoms with Crippen LogP contribution < -0.4 is 0 Å². The van der Waals surface area contributed by atoms with E-state index < -0.39 is 0 Å². The number of nitrogens with zero attached hydrogens (tertiary/aromatic N) is 2. The molecule has 1 aliphatic heterocycles. The van der Waals surface area contributed by atoms with Crippen LogP contribution in [0.2, 0.25) is 0 Å². The SMILES string of the molecule is C=C/C=N\c1cc2c(cc1C)C1CC2CN(C(C)=O)C1. The maximum Gasteiger partial charge on any atom is 0.219 e. The second-order valence-electron chi connectivity index (χ2n) is 5.84. The summed E-state index contributed by atoms with van der Waals surface area (Å²) in [5.41, 5.74) is 5.03. The third-order valence-electron chi connectivity index (χ3n) is 4.50. The number of carbonyl (C=O) groups excluding carboxylic acids is 1. The number of fused-ring (bicyclic) bond motifs is 5. The fourth-order valence-electron chi connectivity index (χ4n) is 3.52. The van der Waals surface area contributed by atoms with Gasteiger partial charge in [0.1, 0.15) is 0 Å². The lowest BCUT2D eigenvalue weighted by Gasteiger charge is -2.31. The largest absolute Gasteiger partial charge is 0.342 e. The zero-order valence-corrected chi connectivity index (χ0v) is 12.1. The highest BCUT2D eigenvalue weighted by atomic mass is 16.2. The molecule has 1 saturated heterocycles. The first kappa shape index (κ1) is 13.1. The maximum atomic E-state index is 11.6. The highest BCUT2D eigenvalue weighted by molar-refractivity contribution is 5.75. The number of amides is 1. The van der Waals surface area contributed by atoms with Crippen LogP contribution in [-0.4, -0.2) is 30.1 Å². The molecule has 0 N–H and O–H groups in total. The van der Waals surface area contributed by atoms with Crippen LogP contribution >= 0.6 is 0 Å². The lowest BCUT2D eigenvalue weighted by atomic mass is 9.96. The molecule has 3 rings (SSSR count). The van der Waals surface area contributed by atoms with E-state index in [2.05, 4.69) is 30.6 Å². The number of aliphatic imine (C=N–C) groups is 1. The van der Waals surface area contributed by atoms with Crippen LogP contribution in [0.5, 0.6) is 0 Å². The summed E-state index contributed by atoms with van der Waals surface area (Å²) in [4.78, 5) is 18.1. The maximum absolute atomic E-state index is 11.6. The van der Waals surface area contributed by atoms with Gasteiger partial charge in [-0.05, 0) is 36.1 Å². The van der Waals surface area contributed by atoms with Gasteiger partial charge in [-0.1, -0.05) is 18.7 Å². The van der Waals surface area contributed by atoms with Gasteiger partial charge in [-0.15, -0.1) is 0 Å². The van der Waals surface area contributed by atoms with E-state index >= 15 is 0 Å². The Hall–Kier alpha value is -1.90. The molecule has 3 nitrogen and oxygen atoms in total. The molecule has 1 aromatic carbocycles. The first-order valence-electron chi connectivity index (χ1n) is 7.15. The molecule has 20 heavy (non-hydrogen) atoms. The number of hydrogen-bond donors (Lipinski definition) is 0. The molecule has 2 atom stereocenters. The molecule has 1 heterocycles. The van der Waals surface area contributed by atoms with Gasteiger partial charge in [0.15, 0.2) is 0 Å². The molecule has 2 bridgehead atoms. The molecule has 3 heteroatoms. The van der Waals surface area contributed by atoms with E-state index in [4.69, 9.17) is 0 Å². The predicted molar refractivity (Wildman–Crippen MR) is 81.9 cm³/mol. The van der Waals surface area contributed by atoms with Crippen LogP contribution in [-0.2, 0) is 4.79 Å². The van der Waals surface area contributed by atoms with Crippen molar-refractivity contribution in [1.29, 1.82) is 0 Å². The van der Waals surface area contributed by atoms with E-state index in [-0.39, 0.29) is 5.91 Å². The number of carbonyl (C=O) groups is 1. The first-order valence-corrected chi connectivity index (χ1v) is 7.15. The standard InChI is InChI=1S/C17H20N2O/c1-4-5-18-17-8-16-14-7-13(15(16)6-11(17)2)9-19(10-14)12(3)20/h4-6,8,13-14H,1,7,9-10H2,2-3H3/b18-5-. The summed E-state index contributed by atoms with van der Waals surface area (Å²) in [5.74, 6) is 1.17. The van der Waals surface area contributed by atoms with Crippen LogP contribution in [0.3, 0.4) is 0 Å². The Labute approximate surface area is 120 Å². The van der Waals surface area contributed by atoms with E-state index in [1.807, 2.05) is 4.90 Å². The Morgan fingerprint density at radius 1 is 1.35 bits per heavy atom. The molecule has 0 spiro atoms. The summed E-state index contributed by atoms with van der Waals surface area (Å²) in [7, 11) is 0. The zero-order chi connectivity index (χ0) is 14.3. The molecule has 0 radical (unpaired) electrons. The van der Waals surface area contributed by atoms with Gasteiger partial charge in [-0.2, -0.15) is 0 Å². The average molecular weight is 268 g/mol.